The van der Waals surface area contributed by atoms with Gasteiger partial charge in [-0.2, -0.15) is 0 Å². The van der Waals surface area contributed by atoms with Crippen LogP contribution in [0.4, 0.5) is 4.39 Å². The lowest BCUT2D eigenvalue weighted by Gasteiger charge is -2.19. The first-order valence-corrected chi connectivity index (χ1v) is 8.25. The molecule has 0 radical (unpaired) electrons. The van der Waals surface area contributed by atoms with Gasteiger partial charge in [-0.3, -0.25) is 0 Å². The lowest BCUT2D eigenvalue weighted by atomic mass is 9.99. The van der Waals surface area contributed by atoms with E-state index in [9.17, 15) is 4.39 Å². The summed E-state index contributed by atoms with van der Waals surface area (Å²) in [4.78, 5) is 0. The summed E-state index contributed by atoms with van der Waals surface area (Å²) in [6.45, 7) is 3.14. The quantitative estimate of drug-likeness (QED) is 0.847. The Morgan fingerprint density at radius 3 is 2.60 bits per heavy atom. The summed E-state index contributed by atoms with van der Waals surface area (Å²) in [5.74, 6) is 2.40. The predicted molar refractivity (Wildman–Crippen MR) is 81.5 cm³/mol. The minimum absolute atomic E-state index is 0.251. The number of nitrogens with one attached hydrogen (secondary N) is 1. The fraction of sp³-hybridized carbons (Fsp3) is 0.647. The maximum atomic E-state index is 13.1. The smallest absolute Gasteiger partial charge is 0.124 e. The van der Waals surface area contributed by atoms with Crippen LogP contribution < -0.4 is 5.32 Å². The molecule has 20 heavy (non-hydrogen) atoms. The Labute approximate surface area is 125 Å². The molecule has 0 spiro atoms. The molecule has 0 amide bonds. The summed E-state index contributed by atoms with van der Waals surface area (Å²) < 4.78 is 13.1. The molecule has 3 atom stereocenters. The Morgan fingerprint density at radius 2 is 2.00 bits per heavy atom. The van der Waals surface area contributed by atoms with Crippen molar-refractivity contribution in [1.29, 1.82) is 0 Å². The molecule has 3 unspecified atom stereocenters. The van der Waals surface area contributed by atoms with Crippen molar-refractivity contribution < 1.29 is 4.39 Å². The summed E-state index contributed by atoms with van der Waals surface area (Å²) in [5.41, 5.74) is 1.07. The van der Waals surface area contributed by atoms with Gasteiger partial charge in [-0.25, -0.2) is 4.39 Å². The number of rotatable bonds is 5. The summed E-state index contributed by atoms with van der Waals surface area (Å²) >= 11 is 6.18. The zero-order valence-corrected chi connectivity index (χ0v) is 12.8. The summed E-state index contributed by atoms with van der Waals surface area (Å²) in [5, 5.41) is 4.21. The third-order valence-corrected chi connectivity index (χ3v) is 5.46. The highest BCUT2D eigenvalue weighted by Crippen LogP contribution is 2.57. The van der Waals surface area contributed by atoms with E-state index in [0.717, 1.165) is 36.3 Å². The van der Waals surface area contributed by atoms with Crippen molar-refractivity contribution in [2.24, 2.45) is 17.8 Å². The number of fused-ring (bicyclic) bond motifs is 1. The van der Waals surface area contributed by atoms with E-state index in [0.29, 0.717) is 11.1 Å². The molecular formula is C17H23ClFN. The summed E-state index contributed by atoms with van der Waals surface area (Å²) in [6.07, 6.45) is 6.51. The Morgan fingerprint density at radius 1 is 1.30 bits per heavy atom. The minimum atomic E-state index is -0.251. The van der Waals surface area contributed by atoms with Gasteiger partial charge >= 0.3 is 0 Å². The highest BCUT2D eigenvalue weighted by atomic mass is 35.5. The van der Waals surface area contributed by atoms with E-state index < -0.39 is 0 Å². The summed E-state index contributed by atoms with van der Waals surface area (Å²) in [7, 11) is 0. The number of halogens is 2. The molecule has 1 aromatic carbocycles. The van der Waals surface area contributed by atoms with Crippen LogP contribution >= 0.6 is 11.6 Å². The second-order valence-corrected chi connectivity index (χ2v) is 6.70. The van der Waals surface area contributed by atoms with Crippen LogP contribution in [-0.4, -0.2) is 12.6 Å². The van der Waals surface area contributed by atoms with E-state index in [4.69, 9.17) is 11.6 Å². The minimum Gasteiger partial charge on any atom is -0.314 e. The van der Waals surface area contributed by atoms with Crippen LogP contribution in [0.5, 0.6) is 0 Å². The first-order chi connectivity index (χ1) is 9.70. The number of hydrogen-bond acceptors (Lipinski definition) is 1. The van der Waals surface area contributed by atoms with Crippen LogP contribution in [0, 0.1) is 23.6 Å². The third-order valence-electron chi connectivity index (χ3n) is 5.11. The first kappa shape index (κ1) is 14.3. The maximum absolute atomic E-state index is 13.1. The first-order valence-electron chi connectivity index (χ1n) is 7.88. The molecule has 3 rings (SSSR count). The largest absolute Gasteiger partial charge is 0.314 e. The predicted octanol–water partition coefficient (Wildman–Crippen LogP) is 4.44. The van der Waals surface area contributed by atoms with Crippen molar-refractivity contribution in [3.05, 3.63) is 34.6 Å². The van der Waals surface area contributed by atoms with Gasteiger partial charge in [0.15, 0.2) is 0 Å². The van der Waals surface area contributed by atoms with E-state index in [2.05, 4.69) is 12.2 Å². The molecule has 1 nitrogen and oxygen atoms in total. The fourth-order valence-corrected chi connectivity index (χ4v) is 4.42. The Kier molecular flexibility index (Phi) is 4.32. The molecular weight excluding hydrogens is 273 g/mol. The van der Waals surface area contributed by atoms with Gasteiger partial charge in [0.2, 0.25) is 0 Å². The molecule has 1 N–H and O–H groups in total. The van der Waals surface area contributed by atoms with Gasteiger partial charge in [0.05, 0.1) is 0 Å². The van der Waals surface area contributed by atoms with Crippen LogP contribution in [-0.2, 0) is 6.42 Å². The molecule has 3 heteroatoms. The van der Waals surface area contributed by atoms with E-state index in [1.54, 1.807) is 0 Å². The molecule has 2 aliphatic carbocycles. The average Bonchev–Trinajstić information content (AvgIpc) is 3.15. The van der Waals surface area contributed by atoms with Gasteiger partial charge in [0.25, 0.3) is 0 Å². The van der Waals surface area contributed by atoms with E-state index in [1.165, 1.54) is 37.8 Å². The monoisotopic (exact) mass is 295 g/mol. The lowest BCUT2D eigenvalue weighted by molar-refractivity contribution is 0.437. The van der Waals surface area contributed by atoms with E-state index in [-0.39, 0.29) is 5.82 Å². The highest BCUT2D eigenvalue weighted by molar-refractivity contribution is 6.31. The molecule has 0 aliphatic heterocycles. The zero-order valence-electron chi connectivity index (χ0n) is 12.0. The van der Waals surface area contributed by atoms with Crippen LogP contribution in [0.2, 0.25) is 5.02 Å². The molecule has 2 saturated carbocycles. The topological polar surface area (TPSA) is 12.0 Å². The second kappa shape index (κ2) is 6.03. The molecule has 110 valence electrons. The van der Waals surface area contributed by atoms with Gasteiger partial charge in [0, 0.05) is 11.1 Å². The molecule has 0 bridgehead atoms. The van der Waals surface area contributed by atoms with Crippen molar-refractivity contribution >= 4 is 11.6 Å². The third kappa shape index (κ3) is 2.87. The molecule has 0 heterocycles. The zero-order chi connectivity index (χ0) is 14.1. The fourth-order valence-electron chi connectivity index (χ4n) is 4.18. The van der Waals surface area contributed by atoms with Crippen molar-refractivity contribution in [3.63, 3.8) is 0 Å². The number of hydrogen-bond donors (Lipinski definition) is 1. The lowest BCUT2D eigenvalue weighted by Crippen LogP contribution is -2.34. The van der Waals surface area contributed by atoms with Crippen molar-refractivity contribution in [2.45, 2.75) is 45.1 Å². The number of benzene rings is 1. The van der Waals surface area contributed by atoms with Crippen molar-refractivity contribution in [2.75, 3.05) is 6.54 Å². The van der Waals surface area contributed by atoms with Gasteiger partial charge in [0.1, 0.15) is 5.82 Å². The van der Waals surface area contributed by atoms with Crippen molar-refractivity contribution in [1.82, 2.24) is 5.32 Å². The Bertz CT molecular complexity index is 464. The second-order valence-electron chi connectivity index (χ2n) is 6.29. The van der Waals surface area contributed by atoms with Crippen LogP contribution in [0.3, 0.4) is 0 Å². The highest BCUT2D eigenvalue weighted by Gasteiger charge is 2.53. The number of likely N-dealkylation sites (N-methyl/N-ethyl adjacent to an activating group) is 1. The van der Waals surface area contributed by atoms with Crippen molar-refractivity contribution in [3.8, 4) is 0 Å². The van der Waals surface area contributed by atoms with Crippen LogP contribution in [0.1, 0.15) is 38.2 Å². The maximum Gasteiger partial charge on any atom is 0.124 e. The van der Waals surface area contributed by atoms with Crippen LogP contribution in [0.15, 0.2) is 18.2 Å². The summed E-state index contributed by atoms with van der Waals surface area (Å²) in [6, 6.07) is 5.29. The molecule has 2 fully saturated rings. The Balaban J connectivity index is 1.71. The molecule has 2 aliphatic rings. The van der Waals surface area contributed by atoms with Gasteiger partial charge in [-0.05, 0) is 61.3 Å². The van der Waals surface area contributed by atoms with E-state index >= 15 is 0 Å². The molecule has 1 aromatic rings. The molecule has 0 aromatic heterocycles. The average molecular weight is 296 g/mol. The molecule has 0 saturated heterocycles. The van der Waals surface area contributed by atoms with Gasteiger partial charge in [-0.1, -0.05) is 37.4 Å². The Hall–Kier alpha value is -0.600. The van der Waals surface area contributed by atoms with Gasteiger partial charge < -0.3 is 5.32 Å². The standard InChI is InChI=1S/C17H23ClFN/c1-2-20-16(17-13-5-3-4-6-14(13)17)9-11-7-8-12(19)10-15(11)18/h7-8,10,13-14,16-17,20H,2-6,9H2,1H3. The van der Waals surface area contributed by atoms with Gasteiger partial charge in [-0.15, -0.1) is 0 Å². The SMILES string of the molecule is CCNC(Cc1ccc(F)cc1Cl)C1C2CCCCC21. The van der Waals surface area contributed by atoms with E-state index in [1.807, 2.05) is 6.07 Å². The normalized spacial score (nSPS) is 29.9. The van der Waals surface area contributed by atoms with Crippen LogP contribution in [0.25, 0.3) is 0 Å².